The highest BCUT2D eigenvalue weighted by molar-refractivity contribution is 6.00. The van der Waals surface area contributed by atoms with Gasteiger partial charge in [0.05, 0.1) is 12.0 Å². The van der Waals surface area contributed by atoms with Crippen molar-refractivity contribution in [3.63, 3.8) is 0 Å². The predicted octanol–water partition coefficient (Wildman–Crippen LogP) is 2.91. The SMILES string of the molecule is CC1(C)CC(=O)c2ccc(OCCN3CCCC3)cc2O1. The van der Waals surface area contributed by atoms with E-state index < -0.39 is 5.60 Å². The molecular formula is C17H23NO3. The Balaban J connectivity index is 1.63. The number of hydrogen-bond donors (Lipinski definition) is 0. The first-order valence-corrected chi connectivity index (χ1v) is 7.75. The topological polar surface area (TPSA) is 38.8 Å². The van der Waals surface area contributed by atoms with Crippen molar-refractivity contribution in [2.75, 3.05) is 26.2 Å². The summed E-state index contributed by atoms with van der Waals surface area (Å²) in [7, 11) is 0. The third kappa shape index (κ3) is 3.38. The molecule has 0 spiro atoms. The summed E-state index contributed by atoms with van der Waals surface area (Å²) in [5.41, 5.74) is 0.236. The lowest BCUT2D eigenvalue weighted by atomic mass is 9.93. The number of rotatable bonds is 4. The molecule has 0 aliphatic carbocycles. The first-order valence-electron chi connectivity index (χ1n) is 7.75. The highest BCUT2D eigenvalue weighted by Gasteiger charge is 2.32. The molecule has 21 heavy (non-hydrogen) atoms. The molecule has 0 bridgehead atoms. The maximum atomic E-state index is 12.1. The van der Waals surface area contributed by atoms with Crippen LogP contribution in [-0.2, 0) is 0 Å². The van der Waals surface area contributed by atoms with Crippen LogP contribution in [0, 0.1) is 0 Å². The highest BCUT2D eigenvalue weighted by Crippen LogP contribution is 2.35. The number of Topliss-reactive ketones (excluding diaryl/α,β-unsaturated/α-hetero) is 1. The van der Waals surface area contributed by atoms with E-state index in [9.17, 15) is 4.79 Å². The van der Waals surface area contributed by atoms with Crippen molar-refractivity contribution in [1.82, 2.24) is 4.90 Å². The maximum absolute atomic E-state index is 12.1. The summed E-state index contributed by atoms with van der Waals surface area (Å²) >= 11 is 0. The van der Waals surface area contributed by atoms with Gasteiger partial charge >= 0.3 is 0 Å². The number of carbonyl (C=O) groups excluding carboxylic acids is 1. The van der Waals surface area contributed by atoms with Crippen molar-refractivity contribution in [2.45, 2.75) is 38.7 Å². The molecule has 1 aromatic rings. The van der Waals surface area contributed by atoms with Crippen LogP contribution in [0.5, 0.6) is 11.5 Å². The van der Waals surface area contributed by atoms with Crippen molar-refractivity contribution < 1.29 is 14.3 Å². The molecule has 1 saturated heterocycles. The van der Waals surface area contributed by atoms with Gasteiger partial charge < -0.3 is 9.47 Å². The molecule has 0 saturated carbocycles. The standard InChI is InChI=1S/C17H23NO3/c1-17(2)12-15(19)14-6-5-13(11-16(14)21-17)20-10-9-18-7-3-4-8-18/h5-6,11H,3-4,7-10,12H2,1-2H3. The fourth-order valence-corrected chi connectivity index (χ4v) is 3.02. The largest absolute Gasteiger partial charge is 0.492 e. The van der Waals surface area contributed by atoms with Gasteiger partial charge in [-0.3, -0.25) is 9.69 Å². The van der Waals surface area contributed by atoms with E-state index in [0.717, 1.165) is 12.3 Å². The molecule has 0 atom stereocenters. The monoisotopic (exact) mass is 289 g/mol. The normalized spacial score (nSPS) is 21.0. The summed E-state index contributed by atoms with van der Waals surface area (Å²) < 4.78 is 11.7. The molecule has 2 heterocycles. The lowest BCUT2D eigenvalue weighted by Crippen LogP contribution is -2.35. The van der Waals surface area contributed by atoms with Gasteiger partial charge in [-0.15, -0.1) is 0 Å². The zero-order chi connectivity index (χ0) is 14.9. The average Bonchev–Trinajstić information content (AvgIpc) is 2.90. The van der Waals surface area contributed by atoms with Gasteiger partial charge in [0, 0.05) is 12.6 Å². The molecule has 2 aliphatic heterocycles. The number of benzene rings is 1. The van der Waals surface area contributed by atoms with Crippen LogP contribution in [0.15, 0.2) is 18.2 Å². The lowest BCUT2D eigenvalue weighted by molar-refractivity contribution is 0.0618. The number of ether oxygens (including phenoxy) is 2. The Bertz CT molecular complexity index is 533. The van der Waals surface area contributed by atoms with Gasteiger partial charge in [0.2, 0.25) is 0 Å². The predicted molar refractivity (Wildman–Crippen MR) is 81.3 cm³/mol. The number of ketones is 1. The average molecular weight is 289 g/mol. The van der Waals surface area contributed by atoms with Crippen LogP contribution in [0.2, 0.25) is 0 Å². The minimum absolute atomic E-state index is 0.143. The summed E-state index contributed by atoms with van der Waals surface area (Å²) in [5.74, 6) is 1.57. The zero-order valence-corrected chi connectivity index (χ0v) is 12.9. The molecular weight excluding hydrogens is 266 g/mol. The number of hydrogen-bond acceptors (Lipinski definition) is 4. The van der Waals surface area contributed by atoms with Crippen LogP contribution in [0.3, 0.4) is 0 Å². The third-order valence-corrected chi connectivity index (χ3v) is 4.10. The molecule has 2 aliphatic rings. The zero-order valence-electron chi connectivity index (χ0n) is 12.9. The van der Waals surface area contributed by atoms with Gasteiger partial charge in [-0.25, -0.2) is 0 Å². The Morgan fingerprint density at radius 1 is 1.29 bits per heavy atom. The van der Waals surface area contributed by atoms with Crippen molar-refractivity contribution in [3.8, 4) is 11.5 Å². The van der Waals surface area contributed by atoms with E-state index in [2.05, 4.69) is 4.90 Å². The third-order valence-electron chi connectivity index (χ3n) is 4.10. The van der Waals surface area contributed by atoms with Crippen molar-refractivity contribution >= 4 is 5.78 Å². The van der Waals surface area contributed by atoms with Crippen LogP contribution in [-0.4, -0.2) is 42.5 Å². The van der Waals surface area contributed by atoms with E-state index in [1.54, 1.807) is 0 Å². The van der Waals surface area contributed by atoms with Crippen LogP contribution in [0.25, 0.3) is 0 Å². The van der Waals surface area contributed by atoms with Crippen molar-refractivity contribution in [3.05, 3.63) is 23.8 Å². The van der Waals surface area contributed by atoms with Gasteiger partial charge in [0.15, 0.2) is 5.78 Å². The van der Waals surface area contributed by atoms with Gasteiger partial charge in [-0.2, -0.15) is 0 Å². The van der Waals surface area contributed by atoms with Gasteiger partial charge in [-0.05, 0) is 51.9 Å². The van der Waals surface area contributed by atoms with E-state index in [1.165, 1.54) is 25.9 Å². The first kappa shape index (κ1) is 14.4. The fourth-order valence-electron chi connectivity index (χ4n) is 3.02. The van der Waals surface area contributed by atoms with E-state index in [-0.39, 0.29) is 5.78 Å². The molecule has 0 N–H and O–H groups in total. The fraction of sp³-hybridized carbons (Fsp3) is 0.588. The molecule has 1 aromatic carbocycles. The molecule has 3 rings (SSSR count). The highest BCUT2D eigenvalue weighted by atomic mass is 16.5. The smallest absolute Gasteiger partial charge is 0.170 e. The number of likely N-dealkylation sites (tertiary alicyclic amines) is 1. The maximum Gasteiger partial charge on any atom is 0.170 e. The van der Waals surface area contributed by atoms with Crippen LogP contribution in [0.4, 0.5) is 0 Å². The van der Waals surface area contributed by atoms with E-state index in [1.807, 2.05) is 32.0 Å². The summed E-state index contributed by atoms with van der Waals surface area (Å²) in [5, 5.41) is 0. The van der Waals surface area contributed by atoms with E-state index >= 15 is 0 Å². The lowest BCUT2D eigenvalue weighted by Gasteiger charge is -2.31. The Hall–Kier alpha value is -1.55. The number of fused-ring (bicyclic) bond motifs is 1. The second-order valence-corrected chi connectivity index (χ2v) is 6.52. The summed E-state index contributed by atoms with van der Waals surface area (Å²) in [4.78, 5) is 14.5. The molecule has 0 aromatic heterocycles. The first-order chi connectivity index (χ1) is 10.0. The van der Waals surface area contributed by atoms with E-state index in [4.69, 9.17) is 9.47 Å². The van der Waals surface area contributed by atoms with Gasteiger partial charge in [-0.1, -0.05) is 0 Å². The van der Waals surface area contributed by atoms with E-state index in [0.29, 0.717) is 24.3 Å². The Kier molecular flexibility index (Phi) is 3.89. The quantitative estimate of drug-likeness (QED) is 0.854. The molecule has 114 valence electrons. The Morgan fingerprint density at radius 2 is 2.05 bits per heavy atom. The van der Waals surface area contributed by atoms with Crippen molar-refractivity contribution in [1.29, 1.82) is 0 Å². The van der Waals surface area contributed by atoms with Gasteiger partial charge in [0.1, 0.15) is 23.7 Å². The molecule has 0 radical (unpaired) electrons. The summed E-state index contributed by atoms with van der Waals surface area (Å²) in [6.07, 6.45) is 3.02. The Labute approximate surface area is 126 Å². The number of nitrogens with zero attached hydrogens (tertiary/aromatic N) is 1. The summed E-state index contributed by atoms with van der Waals surface area (Å²) in [6.45, 7) is 7.88. The summed E-state index contributed by atoms with van der Waals surface area (Å²) in [6, 6.07) is 5.53. The second kappa shape index (κ2) is 5.68. The minimum atomic E-state index is -0.432. The van der Waals surface area contributed by atoms with Crippen LogP contribution < -0.4 is 9.47 Å². The number of carbonyl (C=O) groups is 1. The Morgan fingerprint density at radius 3 is 2.81 bits per heavy atom. The molecule has 4 heteroatoms. The second-order valence-electron chi connectivity index (χ2n) is 6.52. The van der Waals surface area contributed by atoms with Crippen LogP contribution in [0.1, 0.15) is 43.5 Å². The van der Waals surface area contributed by atoms with Crippen LogP contribution >= 0.6 is 0 Å². The molecule has 0 amide bonds. The molecule has 4 nitrogen and oxygen atoms in total. The van der Waals surface area contributed by atoms with Gasteiger partial charge in [0.25, 0.3) is 0 Å². The van der Waals surface area contributed by atoms with Crippen molar-refractivity contribution in [2.24, 2.45) is 0 Å². The molecule has 1 fully saturated rings. The molecule has 0 unspecified atom stereocenters. The minimum Gasteiger partial charge on any atom is -0.492 e.